The average Bonchev–Trinajstić information content (AvgIpc) is 2.11. The van der Waals surface area contributed by atoms with E-state index in [0.717, 1.165) is 11.8 Å². The summed E-state index contributed by atoms with van der Waals surface area (Å²) in [6.07, 6.45) is 3.48. The van der Waals surface area contributed by atoms with Crippen molar-refractivity contribution in [3.05, 3.63) is 42.0 Å². The van der Waals surface area contributed by atoms with Crippen LogP contribution in [0, 0.1) is 0 Å². The first-order valence-corrected chi connectivity index (χ1v) is 4.14. The number of rotatable bonds is 4. The van der Waals surface area contributed by atoms with Crippen LogP contribution >= 0.6 is 0 Å². The van der Waals surface area contributed by atoms with E-state index in [9.17, 15) is 9.90 Å². The van der Waals surface area contributed by atoms with Crippen LogP contribution in [0.5, 0.6) is 5.75 Å². The lowest BCUT2D eigenvalue weighted by molar-refractivity contribution is -0.107. The normalized spacial score (nSPS) is 9.54. The SMILES string of the molecule is C=CCc1cccc(O)c1CC=O. The average molecular weight is 176 g/mol. The number of aromatic hydroxyl groups is 1. The fraction of sp³-hybridized carbons (Fsp3) is 0.182. The Balaban J connectivity index is 3.08. The predicted molar refractivity (Wildman–Crippen MR) is 51.8 cm³/mol. The summed E-state index contributed by atoms with van der Waals surface area (Å²) in [7, 11) is 0. The summed E-state index contributed by atoms with van der Waals surface area (Å²) < 4.78 is 0. The van der Waals surface area contributed by atoms with E-state index in [1.54, 1.807) is 18.2 Å². The Bertz CT molecular complexity index is 316. The highest BCUT2D eigenvalue weighted by atomic mass is 16.3. The topological polar surface area (TPSA) is 37.3 Å². The molecule has 0 aliphatic heterocycles. The molecule has 68 valence electrons. The van der Waals surface area contributed by atoms with Gasteiger partial charge in [0, 0.05) is 12.0 Å². The second-order valence-corrected chi connectivity index (χ2v) is 2.78. The molecule has 1 aromatic rings. The Kier molecular flexibility index (Phi) is 3.26. The van der Waals surface area contributed by atoms with E-state index in [-0.39, 0.29) is 12.2 Å². The van der Waals surface area contributed by atoms with Gasteiger partial charge in [-0.1, -0.05) is 18.2 Å². The Hall–Kier alpha value is -1.57. The summed E-state index contributed by atoms with van der Waals surface area (Å²) in [4.78, 5) is 10.3. The van der Waals surface area contributed by atoms with Gasteiger partial charge in [-0.2, -0.15) is 0 Å². The molecule has 2 nitrogen and oxygen atoms in total. The first-order chi connectivity index (χ1) is 6.29. The number of phenols is 1. The van der Waals surface area contributed by atoms with Gasteiger partial charge in [0.1, 0.15) is 12.0 Å². The Morgan fingerprint density at radius 1 is 1.38 bits per heavy atom. The molecule has 0 heterocycles. The minimum absolute atomic E-state index is 0.187. The van der Waals surface area contributed by atoms with Crippen molar-refractivity contribution in [2.24, 2.45) is 0 Å². The largest absolute Gasteiger partial charge is 0.508 e. The lowest BCUT2D eigenvalue weighted by Crippen LogP contribution is -1.94. The van der Waals surface area contributed by atoms with Crippen LogP contribution in [0.2, 0.25) is 0 Å². The van der Waals surface area contributed by atoms with Crippen molar-refractivity contribution in [1.82, 2.24) is 0 Å². The van der Waals surface area contributed by atoms with Gasteiger partial charge in [0.05, 0.1) is 0 Å². The van der Waals surface area contributed by atoms with Crippen LogP contribution in [-0.4, -0.2) is 11.4 Å². The van der Waals surface area contributed by atoms with E-state index in [2.05, 4.69) is 6.58 Å². The van der Waals surface area contributed by atoms with Crippen LogP contribution in [0.15, 0.2) is 30.9 Å². The zero-order valence-corrected chi connectivity index (χ0v) is 7.36. The zero-order chi connectivity index (χ0) is 9.68. The lowest BCUT2D eigenvalue weighted by atomic mass is 10.0. The van der Waals surface area contributed by atoms with Crippen molar-refractivity contribution in [2.75, 3.05) is 0 Å². The molecule has 0 saturated heterocycles. The number of hydrogen-bond acceptors (Lipinski definition) is 2. The van der Waals surface area contributed by atoms with Gasteiger partial charge >= 0.3 is 0 Å². The molecule has 0 aromatic heterocycles. The van der Waals surface area contributed by atoms with Gasteiger partial charge in [0.25, 0.3) is 0 Å². The summed E-state index contributed by atoms with van der Waals surface area (Å²) in [5.41, 5.74) is 1.67. The van der Waals surface area contributed by atoms with E-state index in [0.29, 0.717) is 12.0 Å². The third-order valence-electron chi connectivity index (χ3n) is 1.90. The van der Waals surface area contributed by atoms with Crippen molar-refractivity contribution in [3.63, 3.8) is 0 Å². The molecule has 0 bridgehead atoms. The molecular formula is C11H12O2. The Morgan fingerprint density at radius 2 is 2.15 bits per heavy atom. The molecular weight excluding hydrogens is 164 g/mol. The Labute approximate surface area is 77.5 Å². The maximum atomic E-state index is 10.3. The molecule has 1 N–H and O–H groups in total. The number of carbonyl (C=O) groups is 1. The quantitative estimate of drug-likeness (QED) is 0.561. The van der Waals surface area contributed by atoms with Crippen LogP contribution in [0.25, 0.3) is 0 Å². The molecule has 0 radical (unpaired) electrons. The molecule has 1 aromatic carbocycles. The standard InChI is InChI=1S/C11H12O2/c1-2-4-9-5-3-6-11(13)10(9)7-8-12/h2-3,5-6,8,13H,1,4,7H2. The first-order valence-electron chi connectivity index (χ1n) is 4.14. The molecule has 0 aliphatic carbocycles. The summed E-state index contributed by atoms with van der Waals surface area (Å²) >= 11 is 0. The third-order valence-corrected chi connectivity index (χ3v) is 1.90. The van der Waals surface area contributed by atoms with Crippen LogP contribution in [0.1, 0.15) is 11.1 Å². The third kappa shape index (κ3) is 2.18. The van der Waals surface area contributed by atoms with E-state index in [1.807, 2.05) is 6.07 Å². The van der Waals surface area contributed by atoms with Crippen molar-refractivity contribution < 1.29 is 9.90 Å². The van der Waals surface area contributed by atoms with Gasteiger partial charge < -0.3 is 9.90 Å². The highest BCUT2D eigenvalue weighted by Crippen LogP contribution is 2.21. The minimum atomic E-state index is 0.187. The molecule has 0 atom stereocenters. The monoisotopic (exact) mass is 176 g/mol. The van der Waals surface area contributed by atoms with E-state index < -0.39 is 0 Å². The highest BCUT2D eigenvalue weighted by Gasteiger charge is 2.04. The van der Waals surface area contributed by atoms with Crippen molar-refractivity contribution in [1.29, 1.82) is 0 Å². The molecule has 1 rings (SSSR count). The van der Waals surface area contributed by atoms with Crippen molar-refractivity contribution in [3.8, 4) is 5.75 Å². The van der Waals surface area contributed by atoms with E-state index in [4.69, 9.17) is 0 Å². The molecule has 0 aliphatic rings. The second kappa shape index (κ2) is 4.45. The van der Waals surface area contributed by atoms with Crippen molar-refractivity contribution >= 4 is 6.29 Å². The summed E-state index contributed by atoms with van der Waals surface area (Å²) in [6, 6.07) is 5.24. The first kappa shape index (κ1) is 9.52. The minimum Gasteiger partial charge on any atom is -0.508 e. The number of phenolic OH excluding ortho intramolecular Hbond substituents is 1. The molecule has 2 heteroatoms. The maximum Gasteiger partial charge on any atom is 0.124 e. The molecule has 0 spiro atoms. The van der Waals surface area contributed by atoms with Gasteiger partial charge in [0.15, 0.2) is 0 Å². The summed E-state index contributed by atoms with van der Waals surface area (Å²) in [6.45, 7) is 3.62. The number of aldehydes is 1. The lowest BCUT2D eigenvalue weighted by Gasteiger charge is -2.06. The van der Waals surface area contributed by atoms with Gasteiger partial charge in [0.2, 0.25) is 0 Å². The number of benzene rings is 1. The summed E-state index contributed by atoms with van der Waals surface area (Å²) in [5, 5.41) is 9.46. The fourth-order valence-electron chi connectivity index (χ4n) is 1.29. The molecule has 13 heavy (non-hydrogen) atoms. The second-order valence-electron chi connectivity index (χ2n) is 2.78. The summed E-state index contributed by atoms with van der Waals surface area (Å²) in [5.74, 6) is 0.187. The number of hydrogen-bond donors (Lipinski definition) is 1. The Morgan fingerprint density at radius 3 is 2.77 bits per heavy atom. The highest BCUT2D eigenvalue weighted by molar-refractivity contribution is 5.59. The smallest absolute Gasteiger partial charge is 0.124 e. The van der Waals surface area contributed by atoms with E-state index >= 15 is 0 Å². The van der Waals surface area contributed by atoms with Crippen LogP contribution in [-0.2, 0) is 17.6 Å². The predicted octanol–water partition coefficient (Wildman–Crippen LogP) is 1.86. The van der Waals surface area contributed by atoms with Gasteiger partial charge in [-0.3, -0.25) is 0 Å². The van der Waals surface area contributed by atoms with E-state index in [1.165, 1.54) is 0 Å². The van der Waals surface area contributed by atoms with Gasteiger partial charge in [-0.25, -0.2) is 0 Å². The molecule has 0 unspecified atom stereocenters. The molecule has 0 fully saturated rings. The van der Waals surface area contributed by atoms with Gasteiger partial charge in [-0.15, -0.1) is 6.58 Å². The van der Waals surface area contributed by atoms with Crippen LogP contribution < -0.4 is 0 Å². The molecule has 0 saturated carbocycles. The maximum absolute atomic E-state index is 10.3. The molecule has 0 amide bonds. The van der Waals surface area contributed by atoms with Crippen LogP contribution in [0.4, 0.5) is 0 Å². The van der Waals surface area contributed by atoms with Gasteiger partial charge in [-0.05, 0) is 18.1 Å². The fourth-order valence-corrected chi connectivity index (χ4v) is 1.29. The number of carbonyl (C=O) groups excluding carboxylic acids is 1. The number of allylic oxidation sites excluding steroid dienone is 1. The van der Waals surface area contributed by atoms with Crippen molar-refractivity contribution in [2.45, 2.75) is 12.8 Å². The van der Waals surface area contributed by atoms with Crippen LogP contribution in [0.3, 0.4) is 0 Å². The zero-order valence-electron chi connectivity index (χ0n) is 7.36.